The number of benzene rings is 2. The van der Waals surface area contributed by atoms with E-state index in [9.17, 15) is 14.4 Å². The minimum atomic E-state index is -0.874. The number of amides is 3. The molecule has 0 bridgehead atoms. The second kappa shape index (κ2) is 12.4. The Balaban J connectivity index is 1.48. The number of para-hydroxylation sites is 1. The monoisotopic (exact) mass is 468 g/mol. The topological polar surface area (TPSA) is 127 Å². The summed E-state index contributed by atoms with van der Waals surface area (Å²) < 4.78 is 16.3. The zero-order chi connectivity index (χ0) is 24.3. The Bertz CT molecular complexity index is 1050. The molecular formula is C24H28N4O6. The van der Waals surface area contributed by atoms with E-state index in [-0.39, 0.29) is 25.2 Å². The highest BCUT2D eigenvalue weighted by Gasteiger charge is 2.19. The molecule has 1 atom stereocenters. The molecule has 0 radical (unpaired) electrons. The molecule has 34 heavy (non-hydrogen) atoms. The van der Waals surface area contributed by atoms with Crippen LogP contribution in [-0.4, -0.2) is 56.9 Å². The van der Waals surface area contributed by atoms with Crippen molar-refractivity contribution in [1.29, 1.82) is 0 Å². The first-order valence-electron chi connectivity index (χ1n) is 10.9. The second-order valence-electron chi connectivity index (χ2n) is 7.61. The summed E-state index contributed by atoms with van der Waals surface area (Å²) in [6.07, 6.45) is 3.12. The number of anilines is 1. The van der Waals surface area contributed by atoms with Crippen molar-refractivity contribution in [2.24, 2.45) is 5.10 Å². The molecule has 3 rings (SSSR count). The average Bonchev–Trinajstić information content (AvgIpc) is 3.36. The number of nitrogens with zero attached hydrogens (tertiary/aromatic N) is 1. The summed E-state index contributed by atoms with van der Waals surface area (Å²) in [5, 5.41) is 9.12. The van der Waals surface area contributed by atoms with Crippen LogP contribution in [0.2, 0.25) is 0 Å². The number of nitrogens with one attached hydrogen (secondary N) is 3. The van der Waals surface area contributed by atoms with Gasteiger partial charge >= 0.3 is 11.8 Å². The van der Waals surface area contributed by atoms with E-state index in [0.29, 0.717) is 23.7 Å². The van der Waals surface area contributed by atoms with Gasteiger partial charge in [-0.3, -0.25) is 14.4 Å². The Labute approximate surface area is 197 Å². The van der Waals surface area contributed by atoms with Crippen molar-refractivity contribution in [2.75, 3.05) is 32.2 Å². The lowest BCUT2D eigenvalue weighted by Gasteiger charge is -2.12. The maximum atomic E-state index is 12.2. The molecule has 0 aliphatic carbocycles. The highest BCUT2D eigenvalue weighted by atomic mass is 16.5. The number of carbonyl (C=O) groups is 3. The number of hydrazone groups is 1. The smallest absolute Gasteiger partial charge is 0.329 e. The SMILES string of the molecule is COc1cc(/C=N\NC(=O)C(=O)NC[C@@H]2CCCO2)ccc1OCC(=O)Nc1ccccc1C. The normalized spacial score (nSPS) is 15.1. The first-order valence-corrected chi connectivity index (χ1v) is 10.9. The Morgan fingerprint density at radius 1 is 1.15 bits per heavy atom. The second-order valence-corrected chi connectivity index (χ2v) is 7.61. The van der Waals surface area contributed by atoms with Crippen LogP contribution in [-0.2, 0) is 19.1 Å². The summed E-state index contributed by atoms with van der Waals surface area (Å²) in [7, 11) is 1.47. The van der Waals surface area contributed by atoms with Crippen LogP contribution in [0.3, 0.4) is 0 Å². The molecule has 1 heterocycles. The van der Waals surface area contributed by atoms with Gasteiger partial charge in [-0.05, 0) is 55.2 Å². The molecule has 1 aliphatic heterocycles. The van der Waals surface area contributed by atoms with Gasteiger partial charge in [0, 0.05) is 18.8 Å². The van der Waals surface area contributed by atoms with Crippen LogP contribution in [0.15, 0.2) is 47.6 Å². The fraction of sp³-hybridized carbons (Fsp3) is 0.333. The summed E-state index contributed by atoms with van der Waals surface area (Å²) >= 11 is 0. The molecule has 0 spiro atoms. The number of aryl methyl sites for hydroxylation is 1. The van der Waals surface area contributed by atoms with E-state index < -0.39 is 11.8 Å². The fourth-order valence-corrected chi connectivity index (χ4v) is 3.23. The average molecular weight is 469 g/mol. The van der Waals surface area contributed by atoms with Gasteiger partial charge in [-0.25, -0.2) is 5.43 Å². The molecule has 0 aromatic heterocycles. The lowest BCUT2D eigenvalue weighted by atomic mass is 10.2. The standard InChI is InChI=1S/C24H28N4O6/c1-16-6-3-4-8-19(16)27-22(29)15-34-20-10-9-17(12-21(20)32-2)13-26-28-24(31)23(30)25-14-18-7-5-11-33-18/h3-4,6,8-10,12-13,18H,5,7,11,14-15H2,1-2H3,(H,25,30)(H,27,29)(H,28,31)/b26-13-/t18-/m0/s1. The first-order chi connectivity index (χ1) is 16.5. The van der Waals surface area contributed by atoms with E-state index in [1.807, 2.05) is 31.2 Å². The van der Waals surface area contributed by atoms with Crippen LogP contribution in [0.4, 0.5) is 5.69 Å². The van der Waals surface area contributed by atoms with Crippen molar-refractivity contribution >= 4 is 29.6 Å². The summed E-state index contributed by atoms with van der Waals surface area (Å²) in [4.78, 5) is 35.9. The molecule has 0 saturated carbocycles. The van der Waals surface area contributed by atoms with Gasteiger partial charge in [0.05, 0.1) is 19.4 Å². The Kier molecular flexibility index (Phi) is 8.98. The Morgan fingerprint density at radius 2 is 1.97 bits per heavy atom. The quantitative estimate of drug-likeness (QED) is 0.292. The van der Waals surface area contributed by atoms with E-state index in [1.54, 1.807) is 18.2 Å². The largest absolute Gasteiger partial charge is 0.493 e. The lowest BCUT2D eigenvalue weighted by Crippen LogP contribution is -2.41. The number of rotatable bonds is 9. The molecule has 3 amide bonds. The van der Waals surface area contributed by atoms with Crippen molar-refractivity contribution < 1.29 is 28.6 Å². The van der Waals surface area contributed by atoms with Gasteiger partial charge in [0.2, 0.25) is 0 Å². The van der Waals surface area contributed by atoms with Gasteiger partial charge < -0.3 is 24.8 Å². The maximum Gasteiger partial charge on any atom is 0.329 e. The maximum absolute atomic E-state index is 12.2. The van der Waals surface area contributed by atoms with Crippen molar-refractivity contribution in [3.63, 3.8) is 0 Å². The first kappa shape index (κ1) is 24.7. The minimum Gasteiger partial charge on any atom is -0.493 e. The van der Waals surface area contributed by atoms with Gasteiger partial charge in [0.25, 0.3) is 5.91 Å². The molecule has 1 fully saturated rings. The molecule has 0 unspecified atom stereocenters. The third-order valence-corrected chi connectivity index (χ3v) is 5.07. The van der Waals surface area contributed by atoms with Gasteiger partial charge in [-0.1, -0.05) is 18.2 Å². The van der Waals surface area contributed by atoms with Gasteiger partial charge in [0.1, 0.15) is 0 Å². The molecule has 180 valence electrons. The van der Waals surface area contributed by atoms with Crippen LogP contribution in [0.5, 0.6) is 11.5 Å². The summed E-state index contributed by atoms with van der Waals surface area (Å²) in [6.45, 7) is 2.66. The van der Waals surface area contributed by atoms with E-state index in [1.165, 1.54) is 13.3 Å². The minimum absolute atomic E-state index is 0.0537. The van der Waals surface area contributed by atoms with Crippen LogP contribution in [0.1, 0.15) is 24.0 Å². The highest BCUT2D eigenvalue weighted by Crippen LogP contribution is 2.27. The van der Waals surface area contributed by atoms with Crippen LogP contribution in [0, 0.1) is 6.92 Å². The third-order valence-electron chi connectivity index (χ3n) is 5.07. The number of ether oxygens (including phenoxy) is 3. The molecule has 3 N–H and O–H groups in total. The lowest BCUT2D eigenvalue weighted by molar-refractivity contribution is -0.139. The fourth-order valence-electron chi connectivity index (χ4n) is 3.23. The molecule has 10 nitrogen and oxygen atoms in total. The van der Waals surface area contributed by atoms with Crippen LogP contribution >= 0.6 is 0 Å². The number of hydrogen-bond donors (Lipinski definition) is 3. The van der Waals surface area contributed by atoms with E-state index in [0.717, 1.165) is 24.1 Å². The zero-order valence-corrected chi connectivity index (χ0v) is 19.1. The summed E-state index contributed by atoms with van der Waals surface area (Å²) in [5.41, 5.74) is 4.44. The van der Waals surface area contributed by atoms with E-state index in [2.05, 4.69) is 21.2 Å². The molecule has 1 aliphatic rings. The highest BCUT2D eigenvalue weighted by molar-refractivity contribution is 6.35. The number of carbonyl (C=O) groups excluding carboxylic acids is 3. The van der Waals surface area contributed by atoms with E-state index in [4.69, 9.17) is 14.2 Å². The van der Waals surface area contributed by atoms with Crippen LogP contribution in [0.25, 0.3) is 0 Å². The van der Waals surface area contributed by atoms with Gasteiger partial charge in [0.15, 0.2) is 18.1 Å². The predicted molar refractivity (Wildman–Crippen MR) is 126 cm³/mol. The number of hydrogen-bond acceptors (Lipinski definition) is 7. The van der Waals surface area contributed by atoms with Crippen molar-refractivity contribution in [2.45, 2.75) is 25.9 Å². The Morgan fingerprint density at radius 3 is 2.71 bits per heavy atom. The van der Waals surface area contributed by atoms with E-state index >= 15 is 0 Å². The third kappa shape index (κ3) is 7.31. The van der Waals surface area contributed by atoms with Gasteiger partial charge in [-0.15, -0.1) is 0 Å². The van der Waals surface area contributed by atoms with Gasteiger partial charge in [-0.2, -0.15) is 5.10 Å². The van der Waals surface area contributed by atoms with Crippen molar-refractivity contribution in [3.8, 4) is 11.5 Å². The Hall–Kier alpha value is -3.92. The van der Waals surface area contributed by atoms with Crippen LogP contribution < -0.4 is 25.5 Å². The number of methoxy groups -OCH3 is 1. The van der Waals surface area contributed by atoms with Crippen molar-refractivity contribution in [3.05, 3.63) is 53.6 Å². The molecule has 2 aromatic carbocycles. The molecule has 2 aromatic rings. The molecule has 1 saturated heterocycles. The predicted octanol–water partition coefficient (Wildman–Crippen LogP) is 1.77. The zero-order valence-electron chi connectivity index (χ0n) is 19.1. The summed E-state index contributed by atoms with van der Waals surface area (Å²) in [5.74, 6) is -1.20. The van der Waals surface area contributed by atoms with Crippen molar-refractivity contribution in [1.82, 2.24) is 10.7 Å². The molecular weight excluding hydrogens is 440 g/mol. The molecule has 10 heteroatoms. The summed E-state index contributed by atoms with van der Waals surface area (Å²) in [6, 6.07) is 12.4.